The van der Waals surface area contributed by atoms with E-state index in [4.69, 9.17) is 0 Å². The third-order valence-electron chi connectivity index (χ3n) is 0. The van der Waals surface area contributed by atoms with Crippen molar-refractivity contribution in [2.75, 3.05) is 0 Å². The molecule has 0 bridgehead atoms. The Balaban J connectivity index is 0. The van der Waals surface area contributed by atoms with E-state index in [0.29, 0.717) is 0 Å². The van der Waals surface area contributed by atoms with Crippen LogP contribution < -0.4 is 0 Å². The molecule has 6 heavy (non-hydrogen) atoms. The molecular formula is BU5. The Morgan fingerprint density at radius 3 is 0.333 bits per heavy atom. The van der Waals surface area contributed by atoms with Crippen LogP contribution in [0.15, 0.2) is 0 Å². The van der Waals surface area contributed by atoms with Crippen LogP contribution in [0.5, 0.6) is 0 Å². The van der Waals surface area contributed by atoms with Gasteiger partial charge in [-0.3, -0.25) is 0 Å². The molecule has 0 amide bonds. The van der Waals surface area contributed by atoms with Crippen LogP contribution in [0.2, 0.25) is 0 Å². The van der Waals surface area contributed by atoms with Crippen LogP contribution in [0.1, 0.15) is 0 Å². The molecule has 0 aromatic carbocycles. The van der Waals surface area contributed by atoms with Crippen molar-refractivity contribution in [3.05, 3.63) is 0 Å². The largest absolute Gasteiger partial charge is 0 e. The van der Waals surface area contributed by atoms with Crippen molar-refractivity contribution in [3.8, 4) is 0 Å². The summed E-state index contributed by atoms with van der Waals surface area (Å²) in [5.41, 5.74) is 0. The van der Waals surface area contributed by atoms with Gasteiger partial charge in [-0.15, -0.1) is 0 Å². The Kier molecular flexibility index (Phi) is 225. The molecule has 0 aliphatic heterocycles. The Morgan fingerprint density at radius 1 is 0.333 bits per heavy atom. The molecule has 0 fully saturated rings. The monoisotopic (exact) mass is 1200 g/mol. The number of hydrogen-bond donors (Lipinski definition) is 0. The second-order valence-electron chi connectivity index (χ2n) is 0. The van der Waals surface area contributed by atoms with Crippen LogP contribution in [0, 0.1) is 156 Å². The number of hydrogen-bond acceptors (Lipinski definition) is 0. The second-order valence-corrected chi connectivity index (χ2v) is 0. The van der Waals surface area contributed by atoms with Crippen molar-refractivity contribution in [3.63, 3.8) is 0 Å². The van der Waals surface area contributed by atoms with Crippen LogP contribution in [0.4, 0.5) is 0 Å². The molecule has 0 N–H and O–H groups in total. The summed E-state index contributed by atoms with van der Waals surface area (Å²) < 4.78 is 0. The minimum absolute atomic E-state index is 0. The maximum atomic E-state index is 0. The van der Waals surface area contributed by atoms with Crippen LogP contribution >= 0.6 is 0 Å². The van der Waals surface area contributed by atoms with Gasteiger partial charge in [0.25, 0.3) is 0 Å². The van der Waals surface area contributed by atoms with Gasteiger partial charge in [-0.2, -0.15) is 0 Å². The van der Waals surface area contributed by atoms with Crippen molar-refractivity contribution in [1.82, 2.24) is 0 Å². The summed E-state index contributed by atoms with van der Waals surface area (Å²) in [7, 11) is 0. The van der Waals surface area contributed by atoms with E-state index in [1.54, 1.807) is 0 Å². The van der Waals surface area contributed by atoms with Gasteiger partial charge in [-0.1, -0.05) is 0 Å². The average Bonchev–Trinajstić information content (AvgIpc) is 0. The Labute approximate surface area is 159 Å². The molecule has 0 heterocycles. The van der Waals surface area contributed by atoms with E-state index >= 15 is 0 Å². The predicted molar refractivity (Wildman–Crippen MR) is 5.75 cm³/mol. The molecule has 0 nitrogen and oxygen atoms in total. The van der Waals surface area contributed by atoms with Crippen molar-refractivity contribution >= 4 is 8.41 Å². The fourth-order valence-electron chi connectivity index (χ4n) is 0. The predicted octanol–water partition coefficient (Wildman–Crippen LogP) is -0.381. The smallest absolute Gasteiger partial charge is 0 e. The van der Waals surface area contributed by atoms with Crippen molar-refractivity contribution in [2.45, 2.75) is 0 Å². The molecule has 0 spiro atoms. The van der Waals surface area contributed by atoms with Gasteiger partial charge >= 0.3 is 0 Å². The van der Waals surface area contributed by atoms with E-state index in [1.165, 1.54) is 0 Å². The third kappa shape index (κ3) is 22.8. The standard InChI is InChI=1S/B.5U. The fourth-order valence-corrected chi connectivity index (χ4v) is 0. The summed E-state index contributed by atoms with van der Waals surface area (Å²) in [6, 6.07) is 0. The Morgan fingerprint density at radius 2 is 0.333 bits per heavy atom. The quantitative estimate of drug-likeness (QED) is 0.291. The van der Waals surface area contributed by atoms with Gasteiger partial charge in [0.2, 0.25) is 0 Å². The first-order valence-electron chi connectivity index (χ1n) is 0. The van der Waals surface area contributed by atoms with Crippen LogP contribution in [0.3, 0.4) is 0 Å². The summed E-state index contributed by atoms with van der Waals surface area (Å²) in [4.78, 5) is 0. The maximum absolute atomic E-state index is 0. The van der Waals surface area contributed by atoms with Gasteiger partial charge in [0, 0.05) is 164 Å². The van der Waals surface area contributed by atoms with Crippen molar-refractivity contribution in [2.24, 2.45) is 0 Å². The molecule has 0 aliphatic carbocycles. The van der Waals surface area contributed by atoms with E-state index in [-0.39, 0.29) is 164 Å². The van der Waals surface area contributed by atoms with Gasteiger partial charge in [0.05, 0.1) is 0 Å². The zero-order chi connectivity index (χ0) is 0. The van der Waals surface area contributed by atoms with Crippen LogP contribution in [-0.2, 0) is 0 Å². The molecule has 0 saturated carbocycles. The Hall–Kier alpha value is 5.32. The molecule has 0 rings (SSSR count). The van der Waals surface area contributed by atoms with Gasteiger partial charge in [0.15, 0.2) is 0 Å². The Bertz CT molecular complexity index is 3.90. The SMILES string of the molecule is [B].[U].[U].[U].[U].[U]. The molecule has 0 aromatic rings. The second kappa shape index (κ2) is 31.7. The van der Waals surface area contributed by atoms with E-state index < -0.39 is 0 Å². The summed E-state index contributed by atoms with van der Waals surface area (Å²) in [6.45, 7) is 0. The number of rotatable bonds is 0. The molecule has 0 aromatic heterocycles. The summed E-state index contributed by atoms with van der Waals surface area (Å²) in [5, 5.41) is 0. The molecule has 0 aliphatic rings. The van der Waals surface area contributed by atoms with Gasteiger partial charge < -0.3 is 0 Å². The fraction of sp³-hybridized carbons (Fsp3) is 0. The molecule has 23 valence electrons. The summed E-state index contributed by atoms with van der Waals surface area (Å²) >= 11 is 0. The zero-order valence-corrected chi connectivity index (χ0v) is 23.9. The summed E-state index contributed by atoms with van der Waals surface area (Å²) in [5.74, 6) is 0. The maximum Gasteiger partial charge on any atom is 0 e. The first kappa shape index (κ1) is 42.6. The molecular weight excluding hydrogens is 1200 g/mol. The van der Waals surface area contributed by atoms with E-state index in [9.17, 15) is 0 Å². The van der Waals surface area contributed by atoms with Crippen molar-refractivity contribution < 1.29 is 156 Å². The normalized spacial score (nSPS) is 0. The van der Waals surface area contributed by atoms with E-state index in [0.717, 1.165) is 0 Å². The third-order valence-corrected chi connectivity index (χ3v) is 0. The molecule has 0 saturated heterocycles. The summed E-state index contributed by atoms with van der Waals surface area (Å²) in [6.07, 6.45) is 0. The molecule has 6 heteroatoms. The minimum Gasteiger partial charge on any atom is 0 e. The van der Waals surface area contributed by atoms with Gasteiger partial charge in [0.1, 0.15) is 0 Å². The van der Waals surface area contributed by atoms with E-state index in [2.05, 4.69) is 0 Å². The van der Waals surface area contributed by atoms with Gasteiger partial charge in [-0.25, -0.2) is 0 Å². The topological polar surface area (TPSA) is 0 Å². The molecule has 3 radical (unpaired) electrons. The average molecular weight is 1200 g/mol. The zero-order valence-electron chi connectivity index (χ0n) is 3.08. The van der Waals surface area contributed by atoms with Gasteiger partial charge in [-0.05, 0) is 0 Å². The molecule has 0 atom stereocenters. The van der Waals surface area contributed by atoms with E-state index in [1.807, 2.05) is 0 Å². The minimum atomic E-state index is 0. The first-order valence-corrected chi connectivity index (χ1v) is 0. The van der Waals surface area contributed by atoms with Crippen LogP contribution in [0.25, 0.3) is 0 Å². The first-order chi connectivity index (χ1) is 0. The van der Waals surface area contributed by atoms with Crippen molar-refractivity contribution in [1.29, 1.82) is 0 Å². The molecule has 0 unspecified atom stereocenters. The van der Waals surface area contributed by atoms with Crippen LogP contribution in [-0.4, -0.2) is 8.41 Å².